The summed E-state index contributed by atoms with van der Waals surface area (Å²) < 4.78 is 6.99. The first-order chi connectivity index (χ1) is 8.65. The van der Waals surface area contributed by atoms with E-state index in [9.17, 15) is 0 Å². The highest BCUT2D eigenvalue weighted by Gasteiger charge is 2.19. The molecule has 18 heavy (non-hydrogen) atoms. The first-order valence-corrected chi connectivity index (χ1v) is 7.20. The van der Waals surface area contributed by atoms with E-state index in [4.69, 9.17) is 4.74 Å². The molecule has 0 bridgehead atoms. The lowest BCUT2D eigenvalue weighted by atomic mass is 10.2. The van der Waals surface area contributed by atoms with Crippen LogP contribution in [0.5, 0.6) is 5.75 Å². The smallest absolute Gasteiger partial charge is 0.119 e. The van der Waals surface area contributed by atoms with Crippen molar-refractivity contribution in [2.24, 2.45) is 0 Å². The van der Waals surface area contributed by atoms with Crippen LogP contribution in [0.3, 0.4) is 0 Å². The number of hydrogen-bond acceptors (Lipinski definition) is 1. The zero-order valence-corrected chi connectivity index (χ0v) is 12.4. The lowest BCUT2D eigenvalue weighted by Crippen LogP contribution is -2.48. The minimum atomic E-state index is 0.822. The molecule has 0 aliphatic carbocycles. The van der Waals surface area contributed by atoms with Gasteiger partial charge in [-0.1, -0.05) is 17.7 Å². The van der Waals surface area contributed by atoms with Crippen molar-refractivity contribution in [2.45, 2.75) is 34.1 Å². The number of hydrogen-bond donors (Lipinski definition) is 0. The molecular formula is C16H28NO+. The van der Waals surface area contributed by atoms with E-state index >= 15 is 0 Å². The van der Waals surface area contributed by atoms with Crippen molar-refractivity contribution in [3.8, 4) is 5.75 Å². The van der Waals surface area contributed by atoms with Gasteiger partial charge in [0.15, 0.2) is 0 Å². The predicted molar refractivity (Wildman–Crippen MR) is 78.0 cm³/mol. The van der Waals surface area contributed by atoms with Crippen molar-refractivity contribution in [1.82, 2.24) is 0 Å². The average molecular weight is 250 g/mol. The van der Waals surface area contributed by atoms with Gasteiger partial charge < -0.3 is 9.22 Å². The Kier molecular flexibility index (Phi) is 6.20. The van der Waals surface area contributed by atoms with Gasteiger partial charge in [-0.3, -0.25) is 0 Å². The van der Waals surface area contributed by atoms with Crippen LogP contribution in [0.1, 0.15) is 32.8 Å². The van der Waals surface area contributed by atoms with Crippen LogP contribution >= 0.6 is 0 Å². The monoisotopic (exact) mass is 250 g/mol. The van der Waals surface area contributed by atoms with Gasteiger partial charge >= 0.3 is 0 Å². The Morgan fingerprint density at radius 2 is 1.50 bits per heavy atom. The standard InChI is InChI=1S/C16H28NO/c1-5-17(6-2,7-3)13-8-14-18-16-11-9-15(4)10-12-16/h9-12H,5-8,13-14H2,1-4H3/q+1. The summed E-state index contributed by atoms with van der Waals surface area (Å²) in [5, 5.41) is 0. The first kappa shape index (κ1) is 15.0. The summed E-state index contributed by atoms with van der Waals surface area (Å²) in [4.78, 5) is 0. The average Bonchev–Trinajstić information content (AvgIpc) is 2.42. The highest BCUT2D eigenvalue weighted by Crippen LogP contribution is 2.12. The van der Waals surface area contributed by atoms with Crippen LogP contribution in [0.25, 0.3) is 0 Å². The fourth-order valence-corrected chi connectivity index (χ4v) is 2.37. The third-order valence-corrected chi connectivity index (χ3v) is 4.08. The lowest BCUT2D eigenvalue weighted by molar-refractivity contribution is -0.923. The van der Waals surface area contributed by atoms with E-state index in [1.54, 1.807) is 0 Å². The van der Waals surface area contributed by atoms with Crippen LogP contribution < -0.4 is 4.74 Å². The third kappa shape index (κ3) is 4.34. The van der Waals surface area contributed by atoms with Crippen LogP contribution in [0.2, 0.25) is 0 Å². The summed E-state index contributed by atoms with van der Waals surface area (Å²) in [6, 6.07) is 8.30. The van der Waals surface area contributed by atoms with Crippen molar-refractivity contribution in [3.63, 3.8) is 0 Å². The zero-order valence-electron chi connectivity index (χ0n) is 12.4. The molecule has 0 atom stereocenters. The fraction of sp³-hybridized carbons (Fsp3) is 0.625. The lowest BCUT2D eigenvalue weighted by Gasteiger charge is -2.35. The van der Waals surface area contributed by atoms with E-state index in [1.165, 1.54) is 36.2 Å². The predicted octanol–water partition coefficient (Wildman–Crippen LogP) is 3.64. The normalized spacial score (nSPS) is 11.6. The van der Waals surface area contributed by atoms with Gasteiger partial charge in [-0.2, -0.15) is 0 Å². The number of nitrogens with zero attached hydrogens (tertiary/aromatic N) is 1. The van der Waals surface area contributed by atoms with Gasteiger partial charge in [0.1, 0.15) is 5.75 Å². The topological polar surface area (TPSA) is 9.23 Å². The van der Waals surface area contributed by atoms with Gasteiger partial charge in [0.05, 0.1) is 32.8 Å². The number of benzene rings is 1. The molecule has 1 aromatic rings. The summed E-state index contributed by atoms with van der Waals surface area (Å²) in [6.45, 7) is 14.7. The molecular weight excluding hydrogens is 222 g/mol. The molecule has 102 valence electrons. The molecule has 1 aromatic carbocycles. The van der Waals surface area contributed by atoms with Crippen molar-refractivity contribution < 1.29 is 9.22 Å². The number of ether oxygens (including phenoxy) is 1. The Balaban J connectivity index is 2.31. The second-order valence-electron chi connectivity index (χ2n) is 5.03. The molecule has 1 rings (SSSR count). The minimum absolute atomic E-state index is 0.822. The Bertz CT molecular complexity index is 319. The molecule has 2 heteroatoms. The molecule has 0 saturated carbocycles. The van der Waals surface area contributed by atoms with Crippen LogP contribution in [-0.4, -0.2) is 37.3 Å². The molecule has 0 unspecified atom stereocenters. The highest BCUT2D eigenvalue weighted by molar-refractivity contribution is 5.26. The van der Waals surface area contributed by atoms with E-state index in [2.05, 4.69) is 52.0 Å². The van der Waals surface area contributed by atoms with Gasteiger partial charge in [-0.15, -0.1) is 0 Å². The van der Waals surface area contributed by atoms with Gasteiger partial charge in [-0.25, -0.2) is 0 Å². The van der Waals surface area contributed by atoms with Crippen molar-refractivity contribution >= 4 is 0 Å². The van der Waals surface area contributed by atoms with Crippen LogP contribution in [0.15, 0.2) is 24.3 Å². The van der Waals surface area contributed by atoms with Gasteiger partial charge in [0.2, 0.25) is 0 Å². The van der Waals surface area contributed by atoms with Crippen molar-refractivity contribution in [1.29, 1.82) is 0 Å². The molecule has 0 aliphatic rings. The molecule has 0 aliphatic heterocycles. The largest absolute Gasteiger partial charge is 0.493 e. The molecule has 0 saturated heterocycles. The van der Waals surface area contributed by atoms with Crippen molar-refractivity contribution in [2.75, 3.05) is 32.8 Å². The van der Waals surface area contributed by atoms with E-state index in [0.29, 0.717) is 0 Å². The SMILES string of the molecule is CC[N+](CC)(CC)CCCOc1ccc(C)cc1. The molecule has 2 nitrogen and oxygen atoms in total. The summed E-state index contributed by atoms with van der Waals surface area (Å²) in [5.41, 5.74) is 1.28. The fourth-order valence-electron chi connectivity index (χ4n) is 2.37. The first-order valence-electron chi connectivity index (χ1n) is 7.20. The molecule has 0 fully saturated rings. The Labute approximate surface area is 112 Å². The summed E-state index contributed by atoms with van der Waals surface area (Å²) in [7, 11) is 0. The van der Waals surface area contributed by atoms with Crippen molar-refractivity contribution in [3.05, 3.63) is 29.8 Å². The Morgan fingerprint density at radius 1 is 0.944 bits per heavy atom. The summed E-state index contributed by atoms with van der Waals surface area (Å²) >= 11 is 0. The molecule has 0 amide bonds. The molecule has 0 spiro atoms. The highest BCUT2D eigenvalue weighted by atomic mass is 16.5. The Morgan fingerprint density at radius 3 is 2.00 bits per heavy atom. The minimum Gasteiger partial charge on any atom is -0.493 e. The van der Waals surface area contributed by atoms with Gasteiger partial charge in [-0.05, 0) is 39.8 Å². The Hall–Kier alpha value is -1.02. The van der Waals surface area contributed by atoms with E-state index in [1.807, 2.05) is 0 Å². The summed E-state index contributed by atoms with van der Waals surface area (Å²) in [5.74, 6) is 0.989. The molecule has 0 radical (unpaired) electrons. The van der Waals surface area contributed by atoms with E-state index in [0.717, 1.165) is 18.8 Å². The summed E-state index contributed by atoms with van der Waals surface area (Å²) in [6.07, 6.45) is 1.13. The molecule has 0 aromatic heterocycles. The van der Waals surface area contributed by atoms with Gasteiger partial charge in [0.25, 0.3) is 0 Å². The molecule has 0 N–H and O–H groups in total. The number of aryl methyl sites for hydroxylation is 1. The zero-order chi connectivity index (χ0) is 13.4. The maximum Gasteiger partial charge on any atom is 0.119 e. The third-order valence-electron chi connectivity index (χ3n) is 4.08. The van der Waals surface area contributed by atoms with Gasteiger partial charge in [0, 0.05) is 6.42 Å². The molecule has 0 heterocycles. The van der Waals surface area contributed by atoms with E-state index in [-0.39, 0.29) is 0 Å². The van der Waals surface area contributed by atoms with Crippen LogP contribution in [0.4, 0.5) is 0 Å². The maximum atomic E-state index is 5.78. The second kappa shape index (κ2) is 7.42. The maximum absolute atomic E-state index is 5.78. The number of quaternary nitrogens is 1. The van der Waals surface area contributed by atoms with E-state index < -0.39 is 0 Å². The quantitative estimate of drug-likeness (QED) is 0.505. The number of rotatable bonds is 8. The van der Waals surface area contributed by atoms with Crippen LogP contribution in [0, 0.1) is 6.92 Å². The second-order valence-corrected chi connectivity index (χ2v) is 5.03. The van der Waals surface area contributed by atoms with Crippen LogP contribution in [-0.2, 0) is 0 Å².